The second-order valence-electron chi connectivity index (χ2n) is 6.99. The largest absolute Gasteiger partial charge is 0.480 e. The third-order valence-corrected chi connectivity index (χ3v) is 5.10. The second kappa shape index (κ2) is 6.02. The van der Waals surface area contributed by atoms with Gasteiger partial charge in [0.15, 0.2) is 0 Å². The van der Waals surface area contributed by atoms with E-state index in [0.29, 0.717) is 18.6 Å². The van der Waals surface area contributed by atoms with Crippen LogP contribution in [-0.4, -0.2) is 35.9 Å². The van der Waals surface area contributed by atoms with Crippen molar-refractivity contribution in [2.24, 2.45) is 11.8 Å². The monoisotopic (exact) mass is 281 g/mol. The molecule has 0 aromatic heterocycles. The molecule has 0 amide bonds. The number of carboxylic acid groups (broad SMARTS) is 1. The van der Waals surface area contributed by atoms with Gasteiger partial charge in [-0.15, -0.1) is 0 Å². The van der Waals surface area contributed by atoms with Crippen LogP contribution in [0.3, 0.4) is 0 Å². The van der Waals surface area contributed by atoms with Gasteiger partial charge in [0.05, 0.1) is 6.61 Å². The minimum absolute atomic E-state index is 0.270. The molecule has 0 radical (unpaired) electrons. The van der Waals surface area contributed by atoms with Gasteiger partial charge in [-0.1, -0.05) is 19.3 Å². The third kappa shape index (κ3) is 3.34. The molecule has 20 heavy (non-hydrogen) atoms. The highest BCUT2D eigenvalue weighted by Crippen LogP contribution is 2.42. The summed E-state index contributed by atoms with van der Waals surface area (Å²) in [4.78, 5) is 11.8. The van der Waals surface area contributed by atoms with Gasteiger partial charge in [-0.05, 0) is 50.4 Å². The molecular weight excluding hydrogens is 254 g/mol. The molecule has 3 fully saturated rings. The first-order chi connectivity index (χ1) is 9.71. The van der Waals surface area contributed by atoms with Crippen LogP contribution in [0.25, 0.3) is 0 Å². The lowest BCUT2D eigenvalue weighted by Crippen LogP contribution is -2.58. The minimum atomic E-state index is -0.810. The van der Waals surface area contributed by atoms with Crippen molar-refractivity contribution in [1.29, 1.82) is 0 Å². The molecule has 114 valence electrons. The van der Waals surface area contributed by atoms with Crippen LogP contribution in [0.5, 0.6) is 0 Å². The van der Waals surface area contributed by atoms with E-state index in [9.17, 15) is 9.90 Å². The molecule has 0 spiro atoms. The fourth-order valence-electron chi connectivity index (χ4n) is 3.48. The number of carbonyl (C=O) groups is 1. The lowest BCUT2D eigenvalue weighted by Gasteiger charge is -2.32. The van der Waals surface area contributed by atoms with E-state index in [2.05, 4.69) is 5.32 Å². The van der Waals surface area contributed by atoms with Crippen LogP contribution in [0, 0.1) is 11.8 Å². The molecule has 0 saturated heterocycles. The Morgan fingerprint density at radius 3 is 2.35 bits per heavy atom. The van der Waals surface area contributed by atoms with E-state index in [1.54, 1.807) is 0 Å². The van der Waals surface area contributed by atoms with Gasteiger partial charge in [0, 0.05) is 12.6 Å². The summed E-state index contributed by atoms with van der Waals surface area (Å²) in [5.74, 6) is 0.206. The first kappa shape index (κ1) is 14.3. The van der Waals surface area contributed by atoms with E-state index in [1.807, 2.05) is 0 Å². The van der Waals surface area contributed by atoms with E-state index < -0.39 is 11.5 Å². The number of aliphatic carboxylic acids is 1. The van der Waals surface area contributed by atoms with E-state index >= 15 is 0 Å². The molecule has 3 saturated carbocycles. The zero-order valence-electron chi connectivity index (χ0n) is 12.3. The predicted molar refractivity (Wildman–Crippen MR) is 76.6 cm³/mol. The molecule has 4 heteroatoms. The van der Waals surface area contributed by atoms with Crippen LogP contribution in [0.4, 0.5) is 0 Å². The molecule has 3 aliphatic rings. The standard InChI is InChI=1S/C16H27NO3/c18-15(19)16(13-6-7-13,17-14-8-9-14)11-20-10-12-4-2-1-3-5-12/h12-14,17H,1-11H2,(H,18,19). The van der Waals surface area contributed by atoms with Gasteiger partial charge in [-0.25, -0.2) is 0 Å². The number of hydrogen-bond acceptors (Lipinski definition) is 3. The van der Waals surface area contributed by atoms with Gasteiger partial charge in [0.25, 0.3) is 0 Å². The Hall–Kier alpha value is -0.610. The van der Waals surface area contributed by atoms with Crippen molar-refractivity contribution in [2.75, 3.05) is 13.2 Å². The molecule has 3 rings (SSSR count). The number of hydrogen-bond donors (Lipinski definition) is 2. The molecule has 3 aliphatic carbocycles. The summed E-state index contributed by atoms with van der Waals surface area (Å²) in [6.45, 7) is 1.09. The SMILES string of the molecule is O=C(O)C(COCC1CCCCC1)(NC1CC1)C1CC1. The summed E-state index contributed by atoms with van der Waals surface area (Å²) in [7, 11) is 0. The van der Waals surface area contributed by atoms with Gasteiger partial charge in [0.2, 0.25) is 0 Å². The van der Waals surface area contributed by atoms with Gasteiger partial charge in [0.1, 0.15) is 5.54 Å². The number of nitrogens with one attached hydrogen (secondary N) is 1. The van der Waals surface area contributed by atoms with Crippen LogP contribution in [0.2, 0.25) is 0 Å². The van der Waals surface area contributed by atoms with Crippen LogP contribution >= 0.6 is 0 Å². The summed E-state index contributed by atoms with van der Waals surface area (Å²) < 4.78 is 5.89. The number of rotatable bonds is 8. The smallest absolute Gasteiger partial charge is 0.326 e. The van der Waals surface area contributed by atoms with Gasteiger partial charge in [-0.3, -0.25) is 10.1 Å². The van der Waals surface area contributed by atoms with Crippen LogP contribution in [-0.2, 0) is 9.53 Å². The Labute approximate surface area is 121 Å². The van der Waals surface area contributed by atoms with Crippen LogP contribution in [0.1, 0.15) is 57.8 Å². The fraction of sp³-hybridized carbons (Fsp3) is 0.938. The Balaban J connectivity index is 1.53. The van der Waals surface area contributed by atoms with Crippen molar-refractivity contribution in [1.82, 2.24) is 5.32 Å². The average molecular weight is 281 g/mol. The first-order valence-corrected chi connectivity index (χ1v) is 8.29. The Morgan fingerprint density at radius 2 is 1.80 bits per heavy atom. The van der Waals surface area contributed by atoms with E-state index in [-0.39, 0.29) is 5.92 Å². The summed E-state index contributed by atoms with van der Waals surface area (Å²) >= 11 is 0. The molecule has 0 aromatic carbocycles. The maximum atomic E-state index is 11.8. The third-order valence-electron chi connectivity index (χ3n) is 5.10. The Kier molecular flexibility index (Phi) is 4.32. The summed E-state index contributed by atoms with van der Waals surface area (Å²) in [6, 6.07) is 0.407. The average Bonchev–Trinajstić information content (AvgIpc) is 3.31. The van der Waals surface area contributed by atoms with Crippen molar-refractivity contribution >= 4 is 5.97 Å². The van der Waals surface area contributed by atoms with Crippen LogP contribution in [0.15, 0.2) is 0 Å². The maximum absolute atomic E-state index is 11.8. The quantitative estimate of drug-likeness (QED) is 0.718. The molecule has 0 aliphatic heterocycles. The summed E-state index contributed by atoms with van der Waals surface area (Å²) in [5, 5.41) is 13.1. The second-order valence-corrected chi connectivity index (χ2v) is 6.99. The lowest BCUT2D eigenvalue weighted by atomic mass is 9.90. The van der Waals surface area contributed by atoms with Crippen LogP contribution < -0.4 is 5.32 Å². The zero-order valence-corrected chi connectivity index (χ0v) is 12.3. The zero-order chi connectivity index (χ0) is 14.0. The summed E-state index contributed by atoms with van der Waals surface area (Å²) in [5.41, 5.74) is -0.810. The molecule has 4 nitrogen and oxygen atoms in total. The van der Waals surface area contributed by atoms with E-state index in [0.717, 1.165) is 32.3 Å². The minimum Gasteiger partial charge on any atom is -0.480 e. The molecule has 1 atom stereocenters. The van der Waals surface area contributed by atoms with Crippen molar-refractivity contribution in [2.45, 2.75) is 69.4 Å². The van der Waals surface area contributed by atoms with Crippen molar-refractivity contribution in [3.63, 3.8) is 0 Å². The number of ether oxygens (including phenoxy) is 1. The molecule has 2 N–H and O–H groups in total. The number of carboxylic acids is 1. The normalized spacial score (nSPS) is 27.2. The summed E-state index contributed by atoms with van der Waals surface area (Å²) in [6.07, 6.45) is 10.7. The Morgan fingerprint density at radius 1 is 1.10 bits per heavy atom. The van der Waals surface area contributed by atoms with E-state index in [4.69, 9.17) is 4.74 Å². The van der Waals surface area contributed by atoms with Gasteiger partial charge in [-0.2, -0.15) is 0 Å². The highest BCUT2D eigenvalue weighted by atomic mass is 16.5. The lowest BCUT2D eigenvalue weighted by molar-refractivity contribution is -0.149. The maximum Gasteiger partial charge on any atom is 0.326 e. The molecule has 0 heterocycles. The van der Waals surface area contributed by atoms with E-state index in [1.165, 1.54) is 32.1 Å². The molecular formula is C16H27NO3. The highest BCUT2D eigenvalue weighted by molar-refractivity contribution is 5.80. The molecule has 0 bridgehead atoms. The van der Waals surface area contributed by atoms with Crippen molar-refractivity contribution in [3.05, 3.63) is 0 Å². The molecule has 1 unspecified atom stereocenters. The van der Waals surface area contributed by atoms with Crippen molar-refractivity contribution < 1.29 is 14.6 Å². The Bertz CT molecular complexity index is 346. The van der Waals surface area contributed by atoms with Gasteiger partial charge < -0.3 is 9.84 Å². The van der Waals surface area contributed by atoms with Crippen molar-refractivity contribution in [3.8, 4) is 0 Å². The fourth-order valence-corrected chi connectivity index (χ4v) is 3.48. The molecule has 0 aromatic rings. The highest BCUT2D eigenvalue weighted by Gasteiger charge is 2.53. The predicted octanol–water partition coefficient (Wildman–Crippen LogP) is 2.57. The first-order valence-electron chi connectivity index (χ1n) is 8.29. The van der Waals surface area contributed by atoms with Gasteiger partial charge >= 0.3 is 5.97 Å². The topological polar surface area (TPSA) is 58.6 Å².